The summed E-state index contributed by atoms with van der Waals surface area (Å²) in [5.41, 5.74) is 0.999. The molecule has 2 heteroatoms. The van der Waals surface area contributed by atoms with E-state index in [9.17, 15) is 4.79 Å². The summed E-state index contributed by atoms with van der Waals surface area (Å²) in [5, 5.41) is 0. The fourth-order valence-electron chi connectivity index (χ4n) is 1.22. The van der Waals surface area contributed by atoms with Gasteiger partial charge in [0, 0.05) is 6.42 Å². The summed E-state index contributed by atoms with van der Waals surface area (Å²) in [6, 6.07) is 7.51. The number of carbonyl (C=O) groups excluding carboxylic acids is 1. The van der Waals surface area contributed by atoms with Crippen molar-refractivity contribution in [2.24, 2.45) is 0 Å². The number of ketones is 1. The second-order valence-corrected chi connectivity index (χ2v) is 3.17. The second-order valence-electron chi connectivity index (χ2n) is 3.17. The van der Waals surface area contributed by atoms with Crippen molar-refractivity contribution < 1.29 is 9.53 Å². The molecule has 0 unspecified atom stereocenters. The minimum Gasteiger partial charge on any atom is -0.497 e. The van der Waals surface area contributed by atoms with E-state index in [1.165, 1.54) is 0 Å². The summed E-state index contributed by atoms with van der Waals surface area (Å²) in [5.74, 6) is 6.43. The van der Waals surface area contributed by atoms with Crippen LogP contribution in [0.25, 0.3) is 0 Å². The summed E-state index contributed by atoms with van der Waals surface area (Å²) in [4.78, 5) is 11.4. The molecule has 1 aromatic rings. The second kappa shape index (κ2) is 5.87. The Labute approximate surface area is 90.3 Å². The first-order chi connectivity index (χ1) is 7.26. The SMILES string of the molecule is CC#CCC(=O)Cc1ccc(OC)cc1. The molecule has 0 N–H and O–H groups in total. The number of ether oxygens (including phenoxy) is 1. The lowest BCUT2D eigenvalue weighted by Crippen LogP contribution is -2.00. The molecular weight excluding hydrogens is 188 g/mol. The zero-order chi connectivity index (χ0) is 11.1. The fourth-order valence-corrected chi connectivity index (χ4v) is 1.22. The smallest absolute Gasteiger partial charge is 0.149 e. The lowest BCUT2D eigenvalue weighted by atomic mass is 10.1. The molecule has 2 nitrogen and oxygen atoms in total. The average molecular weight is 202 g/mol. The van der Waals surface area contributed by atoms with Crippen LogP contribution in [-0.4, -0.2) is 12.9 Å². The molecule has 0 saturated heterocycles. The van der Waals surface area contributed by atoms with E-state index in [2.05, 4.69) is 11.8 Å². The molecule has 78 valence electrons. The van der Waals surface area contributed by atoms with Gasteiger partial charge in [0.2, 0.25) is 0 Å². The summed E-state index contributed by atoms with van der Waals surface area (Å²) < 4.78 is 5.03. The van der Waals surface area contributed by atoms with Gasteiger partial charge in [-0.1, -0.05) is 18.1 Å². The van der Waals surface area contributed by atoms with E-state index >= 15 is 0 Å². The fraction of sp³-hybridized carbons (Fsp3) is 0.308. The Morgan fingerprint density at radius 1 is 1.33 bits per heavy atom. The van der Waals surface area contributed by atoms with Gasteiger partial charge in [0.05, 0.1) is 13.5 Å². The first kappa shape index (κ1) is 11.3. The van der Waals surface area contributed by atoms with Crippen LogP contribution in [0.4, 0.5) is 0 Å². The van der Waals surface area contributed by atoms with Crippen molar-refractivity contribution in [2.75, 3.05) is 7.11 Å². The number of carbonyl (C=O) groups is 1. The lowest BCUT2D eigenvalue weighted by Gasteiger charge is -2.01. The molecule has 0 aliphatic rings. The highest BCUT2D eigenvalue weighted by molar-refractivity contribution is 5.83. The van der Waals surface area contributed by atoms with Crippen molar-refractivity contribution in [1.29, 1.82) is 0 Å². The molecule has 1 rings (SSSR count). The van der Waals surface area contributed by atoms with Crippen LogP contribution in [0.3, 0.4) is 0 Å². The highest BCUT2D eigenvalue weighted by atomic mass is 16.5. The molecule has 0 amide bonds. The van der Waals surface area contributed by atoms with Crippen molar-refractivity contribution in [3.05, 3.63) is 29.8 Å². The van der Waals surface area contributed by atoms with Gasteiger partial charge in [-0.15, -0.1) is 5.92 Å². The number of methoxy groups -OCH3 is 1. The summed E-state index contributed by atoms with van der Waals surface area (Å²) >= 11 is 0. The molecule has 0 aliphatic heterocycles. The molecule has 0 fully saturated rings. The Hall–Kier alpha value is -1.75. The van der Waals surface area contributed by atoms with Gasteiger partial charge in [-0.05, 0) is 24.6 Å². The molecule has 1 aromatic carbocycles. The molecule has 0 spiro atoms. The van der Waals surface area contributed by atoms with E-state index in [1.54, 1.807) is 14.0 Å². The van der Waals surface area contributed by atoms with Gasteiger partial charge in [-0.3, -0.25) is 4.79 Å². The number of Topliss-reactive ketones (excluding diaryl/α,β-unsaturated/α-hetero) is 1. The van der Waals surface area contributed by atoms with E-state index < -0.39 is 0 Å². The number of hydrogen-bond donors (Lipinski definition) is 0. The lowest BCUT2D eigenvalue weighted by molar-refractivity contribution is -0.117. The largest absolute Gasteiger partial charge is 0.497 e. The van der Waals surface area contributed by atoms with E-state index in [-0.39, 0.29) is 5.78 Å². The molecular formula is C13H14O2. The van der Waals surface area contributed by atoms with Crippen molar-refractivity contribution in [3.63, 3.8) is 0 Å². The summed E-state index contributed by atoms with van der Waals surface area (Å²) in [6.07, 6.45) is 0.779. The first-order valence-corrected chi connectivity index (χ1v) is 4.80. The van der Waals surface area contributed by atoms with Crippen molar-refractivity contribution in [3.8, 4) is 17.6 Å². The molecule has 15 heavy (non-hydrogen) atoms. The van der Waals surface area contributed by atoms with E-state index in [1.807, 2.05) is 24.3 Å². The Balaban J connectivity index is 2.55. The molecule has 0 aliphatic carbocycles. The summed E-state index contributed by atoms with van der Waals surface area (Å²) in [7, 11) is 1.62. The van der Waals surface area contributed by atoms with Gasteiger partial charge in [-0.25, -0.2) is 0 Å². The zero-order valence-electron chi connectivity index (χ0n) is 9.04. The van der Waals surface area contributed by atoms with Crippen LogP contribution in [0.15, 0.2) is 24.3 Å². The highest BCUT2D eigenvalue weighted by Crippen LogP contribution is 2.12. The minimum atomic E-state index is 0.148. The predicted molar refractivity (Wildman–Crippen MR) is 59.8 cm³/mol. The maximum absolute atomic E-state index is 11.4. The molecule has 0 heterocycles. The van der Waals surface area contributed by atoms with Crippen molar-refractivity contribution >= 4 is 5.78 Å². The first-order valence-electron chi connectivity index (χ1n) is 4.80. The van der Waals surface area contributed by atoms with Crippen LogP contribution in [0.1, 0.15) is 18.9 Å². The van der Waals surface area contributed by atoms with Crippen LogP contribution in [0.5, 0.6) is 5.75 Å². The normalized spacial score (nSPS) is 8.93. The topological polar surface area (TPSA) is 26.3 Å². The van der Waals surface area contributed by atoms with Gasteiger partial charge in [-0.2, -0.15) is 0 Å². The third kappa shape index (κ3) is 3.86. The Morgan fingerprint density at radius 3 is 2.53 bits per heavy atom. The summed E-state index contributed by atoms with van der Waals surface area (Å²) in [6.45, 7) is 1.74. The molecule has 0 atom stereocenters. The van der Waals surface area contributed by atoms with Gasteiger partial charge in [0.25, 0.3) is 0 Å². The predicted octanol–water partition coefficient (Wildman–Crippen LogP) is 2.22. The quantitative estimate of drug-likeness (QED) is 0.700. The van der Waals surface area contributed by atoms with Gasteiger partial charge in [0.15, 0.2) is 0 Å². The van der Waals surface area contributed by atoms with Gasteiger partial charge >= 0.3 is 0 Å². The number of rotatable bonds is 4. The zero-order valence-corrected chi connectivity index (χ0v) is 9.04. The number of hydrogen-bond acceptors (Lipinski definition) is 2. The molecule has 0 bridgehead atoms. The van der Waals surface area contributed by atoms with Crippen LogP contribution in [0, 0.1) is 11.8 Å². The van der Waals surface area contributed by atoms with Crippen LogP contribution in [0.2, 0.25) is 0 Å². The van der Waals surface area contributed by atoms with Crippen LogP contribution < -0.4 is 4.74 Å². The average Bonchev–Trinajstić information content (AvgIpc) is 2.27. The maximum atomic E-state index is 11.4. The Morgan fingerprint density at radius 2 is 2.00 bits per heavy atom. The van der Waals surface area contributed by atoms with E-state index in [0.717, 1.165) is 11.3 Å². The minimum absolute atomic E-state index is 0.148. The number of benzene rings is 1. The van der Waals surface area contributed by atoms with E-state index in [0.29, 0.717) is 12.8 Å². The Kier molecular flexibility index (Phi) is 4.43. The maximum Gasteiger partial charge on any atom is 0.149 e. The van der Waals surface area contributed by atoms with Gasteiger partial charge < -0.3 is 4.74 Å². The van der Waals surface area contributed by atoms with E-state index in [4.69, 9.17) is 4.74 Å². The van der Waals surface area contributed by atoms with Gasteiger partial charge in [0.1, 0.15) is 11.5 Å². The standard InChI is InChI=1S/C13H14O2/c1-3-4-5-12(14)10-11-6-8-13(15-2)9-7-11/h6-9H,5,10H2,1-2H3. The monoisotopic (exact) mass is 202 g/mol. The van der Waals surface area contributed by atoms with Crippen LogP contribution in [-0.2, 0) is 11.2 Å². The van der Waals surface area contributed by atoms with Crippen molar-refractivity contribution in [2.45, 2.75) is 19.8 Å². The molecule has 0 radical (unpaired) electrons. The van der Waals surface area contributed by atoms with Crippen molar-refractivity contribution in [1.82, 2.24) is 0 Å². The molecule has 0 aromatic heterocycles. The Bertz CT molecular complexity index is 379. The molecule has 0 saturated carbocycles. The third-order valence-corrected chi connectivity index (χ3v) is 2.02. The highest BCUT2D eigenvalue weighted by Gasteiger charge is 2.01. The van der Waals surface area contributed by atoms with Crippen LogP contribution >= 0.6 is 0 Å². The third-order valence-electron chi connectivity index (χ3n) is 2.02.